The molecule has 0 unspecified atom stereocenters. The fourth-order valence-corrected chi connectivity index (χ4v) is 1.83. The van der Waals surface area contributed by atoms with Gasteiger partial charge in [-0.2, -0.15) is 0 Å². The Bertz CT molecular complexity index is 199. The molecule has 1 saturated carbocycles. The molecule has 0 radical (unpaired) electrons. The number of fused-ring (bicyclic) bond motifs is 1. The summed E-state index contributed by atoms with van der Waals surface area (Å²) in [5.41, 5.74) is 0.0347. The number of epoxide rings is 1. The monoisotopic (exact) mass is 136 g/mol. The first-order valence-corrected chi connectivity index (χ1v) is 3.99. The first-order valence-electron chi connectivity index (χ1n) is 3.99. The second kappa shape index (κ2) is 2.00. The van der Waals surface area contributed by atoms with E-state index in [-0.39, 0.29) is 5.60 Å². The van der Waals surface area contributed by atoms with Crippen molar-refractivity contribution in [3.63, 3.8) is 0 Å². The first kappa shape index (κ1) is 6.24. The molecule has 0 aromatic carbocycles. The minimum atomic E-state index is 0.0347. The van der Waals surface area contributed by atoms with Gasteiger partial charge in [-0.25, -0.2) is 0 Å². The van der Waals surface area contributed by atoms with E-state index in [9.17, 15) is 0 Å². The summed E-state index contributed by atoms with van der Waals surface area (Å²) in [7, 11) is 0. The summed E-state index contributed by atoms with van der Waals surface area (Å²) in [5.74, 6) is 6.11. The smallest absolute Gasteiger partial charge is 0.155 e. The molecule has 1 saturated heterocycles. The van der Waals surface area contributed by atoms with Crippen LogP contribution in [-0.4, -0.2) is 11.7 Å². The van der Waals surface area contributed by atoms with Crippen molar-refractivity contribution in [2.24, 2.45) is 0 Å². The molecular weight excluding hydrogens is 124 g/mol. The minimum absolute atomic E-state index is 0.0347. The Morgan fingerprint density at radius 2 is 2.40 bits per heavy atom. The summed E-state index contributed by atoms with van der Waals surface area (Å²) < 4.78 is 5.53. The van der Waals surface area contributed by atoms with Crippen molar-refractivity contribution in [2.75, 3.05) is 0 Å². The lowest BCUT2D eigenvalue weighted by molar-refractivity contribution is 0.336. The summed E-state index contributed by atoms with van der Waals surface area (Å²) in [6.07, 6.45) is 5.52. The van der Waals surface area contributed by atoms with E-state index in [0.717, 1.165) is 0 Å². The third kappa shape index (κ3) is 0.759. The molecule has 0 spiro atoms. The van der Waals surface area contributed by atoms with Crippen LogP contribution in [0.15, 0.2) is 0 Å². The molecule has 1 heteroatoms. The predicted molar refractivity (Wildman–Crippen MR) is 39.5 cm³/mol. The van der Waals surface area contributed by atoms with Gasteiger partial charge in [0.15, 0.2) is 5.60 Å². The predicted octanol–water partition coefficient (Wildman–Crippen LogP) is 1.72. The van der Waals surface area contributed by atoms with Gasteiger partial charge >= 0.3 is 0 Å². The Hall–Kier alpha value is -0.480. The SMILES string of the molecule is CC#C[C@@]12CCCC[C@@H]1O2. The average molecular weight is 136 g/mol. The van der Waals surface area contributed by atoms with E-state index in [2.05, 4.69) is 11.8 Å². The highest BCUT2D eigenvalue weighted by atomic mass is 16.6. The maximum absolute atomic E-state index is 5.53. The van der Waals surface area contributed by atoms with Gasteiger partial charge in [-0.05, 0) is 26.2 Å². The van der Waals surface area contributed by atoms with Crippen LogP contribution in [-0.2, 0) is 4.74 Å². The number of rotatable bonds is 0. The van der Waals surface area contributed by atoms with Gasteiger partial charge in [-0.3, -0.25) is 0 Å². The fraction of sp³-hybridized carbons (Fsp3) is 0.778. The van der Waals surface area contributed by atoms with Crippen molar-refractivity contribution >= 4 is 0 Å². The van der Waals surface area contributed by atoms with Gasteiger partial charge < -0.3 is 4.74 Å². The highest BCUT2D eigenvalue weighted by Gasteiger charge is 2.56. The maximum atomic E-state index is 5.53. The van der Waals surface area contributed by atoms with E-state index >= 15 is 0 Å². The molecule has 2 aliphatic rings. The lowest BCUT2D eigenvalue weighted by Crippen LogP contribution is -2.16. The second-order valence-corrected chi connectivity index (χ2v) is 3.12. The third-order valence-electron chi connectivity index (χ3n) is 2.42. The van der Waals surface area contributed by atoms with E-state index in [4.69, 9.17) is 4.74 Å². The van der Waals surface area contributed by atoms with Crippen molar-refractivity contribution in [1.29, 1.82) is 0 Å². The molecule has 1 heterocycles. The van der Waals surface area contributed by atoms with Crippen molar-refractivity contribution < 1.29 is 4.74 Å². The standard InChI is InChI=1S/C9H12O/c1-2-6-9-7-4-3-5-8(9)10-9/h8H,3-5,7H2,1H3/t8-,9+/m0/s1. The van der Waals surface area contributed by atoms with Crippen LogP contribution in [0.5, 0.6) is 0 Å². The summed E-state index contributed by atoms with van der Waals surface area (Å²) in [5, 5.41) is 0. The van der Waals surface area contributed by atoms with Crippen LogP contribution in [0.2, 0.25) is 0 Å². The molecule has 0 aromatic heterocycles. The molecule has 54 valence electrons. The average Bonchev–Trinajstić information content (AvgIpc) is 2.62. The minimum Gasteiger partial charge on any atom is -0.352 e. The largest absolute Gasteiger partial charge is 0.352 e. The van der Waals surface area contributed by atoms with Gasteiger partial charge in [0.05, 0.1) is 6.10 Å². The molecule has 1 aliphatic heterocycles. The molecule has 0 aromatic rings. The number of ether oxygens (including phenoxy) is 1. The van der Waals surface area contributed by atoms with Gasteiger partial charge in [0.25, 0.3) is 0 Å². The first-order chi connectivity index (χ1) is 4.87. The lowest BCUT2D eigenvalue weighted by atomic mass is 9.90. The Morgan fingerprint density at radius 3 is 3.10 bits per heavy atom. The topological polar surface area (TPSA) is 12.5 Å². The molecular formula is C9H12O. The summed E-state index contributed by atoms with van der Waals surface area (Å²) >= 11 is 0. The van der Waals surface area contributed by atoms with E-state index in [0.29, 0.717) is 6.10 Å². The van der Waals surface area contributed by atoms with Gasteiger partial charge in [-0.15, -0.1) is 5.92 Å². The van der Waals surface area contributed by atoms with Crippen LogP contribution >= 0.6 is 0 Å². The molecule has 10 heavy (non-hydrogen) atoms. The van der Waals surface area contributed by atoms with Gasteiger partial charge in [0, 0.05) is 0 Å². The van der Waals surface area contributed by atoms with E-state index in [1.54, 1.807) is 0 Å². The zero-order valence-corrected chi connectivity index (χ0v) is 6.31. The van der Waals surface area contributed by atoms with Crippen LogP contribution in [0.25, 0.3) is 0 Å². The van der Waals surface area contributed by atoms with Gasteiger partial charge in [-0.1, -0.05) is 12.3 Å². The highest BCUT2D eigenvalue weighted by Crippen LogP contribution is 2.47. The summed E-state index contributed by atoms with van der Waals surface area (Å²) in [4.78, 5) is 0. The van der Waals surface area contributed by atoms with Crippen LogP contribution < -0.4 is 0 Å². The second-order valence-electron chi connectivity index (χ2n) is 3.12. The van der Waals surface area contributed by atoms with Crippen LogP contribution in [0.3, 0.4) is 0 Å². The molecule has 1 nitrogen and oxygen atoms in total. The Labute approximate surface area is 61.8 Å². The summed E-state index contributed by atoms with van der Waals surface area (Å²) in [6, 6.07) is 0. The number of hydrogen-bond donors (Lipinski definition) is 0. The molecule has 2 fully saturated rings. The lowest BCUT2D eigenvalue weighted by Gasteiger charge is -2.09. The highest BCUT2D eigenvalue weighted by molar-refractivity contribution is 5.25. The van der Waals surface area contributed by atoms with Crippen LogP contribution in [0.1, 0.15) is 32.6 Å². The van der Waals surface area contributed by atoms with Crippen LogP contribution in [0.4, 0.5) is 0 Å². The fourth-order valence-electron chi connectivity index (χ4n) is 1.83. The zero-order valence-electron chi connectivity index (χ0n) is 6.31. The summed E-state index contributed by atoms with van der Waals surface area (Å²) in [6.45, 7) is 1.89. The van der Waals surface area contributed by atoms with E-state index in [1.807, 2.05) is 6.92 Å². The molecule has 2 rings (SSSR count). The third-order valence-corrected chi connectivity index (χ3v) is 2.42. The molecule has 1 aliphatic carbocycles. The van der Waals surface area contributed by atoms with Crippen molar-refractivity contribution in [3.05, 3.63) is 0 Å². The molecule has 2 atom stereocenters. The van der Waals surface area contributed by atoms with E-state index < -0.39 is 0 Å². The Morgan fingerprint density at radius 1 is 1.50 bits per heavy atom. The van der Waals surface area contributed by atoms with Crippen molar-refractivity contribution in [2.45, 2.75) is 44.3 Å². The van der Waals surface area contributed by atoms with Gasteiger partial charge in [0.1, 0.15) is 0 Å². The molecule has 0 bridgehead atoms. The van der Waals surface area contributed by atoms with Crippen molar-refractivity contribution in [3.8, 4) is 11.8 Å². The zero-order chi connectivity index (χ0) is 7.03. The van der Waals surface area contributed by atoms with Crippen molar-refractivity contribution in [1.82, 2.24) is 0 Å². The normalized spacial score (nSPS) is 43.1. The van der Waals surface area contributed by atoms with Gasteiger partial charge in [0.2, 0.25) is 0 Å². The number of hydrogen-bond acceptors (Lipinski definition) is 1. The molecule has 0 N–H and O–H groups in total. The van der Waals surface area contributed by atoms with E-state index in [1.165, 1.54) is 25.7 Å². The molecule has 0 amide bonds. The Kier molecular flexibility index (Phi) is 1.25. The van der Waals surface area contributed by atoms with Crippen LogP contribution in [0, 0.1) is 11.8 Å². The Balaban J connectivity index is 2.09. The quantitative estimate of drug-likeness (QED) is 0.365. The maximum Gasteiger partial charge on any atom is 0.155 e.